The van der Waals surface area contributed by atoms with Crippen molar-refractivity contribution in [2.24, 2.45) is 5.92 Å². The number of piperidine rings is 1. The Morgan fingerprint density at radius 1 is 1.56 bits per heavy atom. The lowest BCUT2D eigenvalue weighted by Gasteiger charge is -2.28. The van der Waals surface area contributed by atoms with E-state index in [1.807, 2.05) is 10.7 Å². The Kier molecular flexibility index (Phi) is 3.61. The number of nitrogens with zero attached hydrogens (tertiary/aromatic N) is 2. The molecule has 2 N–H and O–H groups in total. The molecule has 0 amide bonds. The van der Waals surface area contributed by atoms with Gasteiger partial charge in [-0.25, -0.2) is 0 Å². The van der Waals surface area contributed by atoms with Crippen LogP contribution in [0.25, 0.3) is 0 Å². The Hall–Kier alpha value is -0.870. The molecule has 2 atom stereocenters. The first-order valence-electron chi connectivity index (χ1n) is 6.12. The van der Waals surface area contributed by atoms with Crippen molar-refractivity contribution in [3.8, 4) is 0 Å². The Morgan fingerprint density at radius 2 is 2.38 bits per heavy atom. The number of aliphatic hydroxyl groups is 1. The van der Waals surface area contributed by atoms with Gasteiger partial charge in [0.25, 0.3) is 0 Å². The molecule has 0 bridgehead atoms. The van der Waals surface area contributed by atoms with Crippen LogP contribution in [0.15, 0.2) is 12.3 Å². The van der Waals surface area contributed by atoms with Crippen LogP contribution >= 0.6 is 0 Å². The van der Waals surface area contributed by atoms with Crippen LogP contribution in [0.1, 0.15) is 44.5 Å². The van der Waals surface area contributed by atoms with Crippen molar-refractivity contribution in [3.63, 3.8) is 0 Å². The third kappa shape index (κ3) is 2.28. The number of aromatic nitrogens is 2. The summed E-state index contributed by atoms with van der Waals surface area (Å²) in [7, 11) is 0. The molecule has 2 heterocycles. The summed E-state index contributed by atoms with van der Waals surface area (Å²) in [6, 6.07) is 2.23. The zero-order valence-corrected chi connectivity index (χ0v) is 10.1. The maximum absolute atomic E-state index is 10.4. The lowest BCUT2D eigenvalue weighted by atomic mass is 9.92. The van der Waals surface area contributed by atoms with Crippen LogP contribution in [0.4, 0.5) is 0 Å². The molecule has 1 saturated heterocycles. The van der Waals surface area contributed by atoms with Crippen molar-refractivity contribution in [1.29, 1.82) is 0 Å². The van der Waals surface area contributed by atoms with E-state index in [1.54, 1.807) is 6.20 Å². The van der Waals surface area contributed by atoms with Crippen molar-refractivity contribution >= 4 is 0 Å². The third-order valence-electron chi connectivity index (χ3n) is 3.27. The average Bonchev–Trinajstić information content (AvgIpc) is 2.78. The summed E-state index contributed by atoms with van der Waals surface area (Å²) < 4.78 is 1.92. The lowest BCUT2D eigenvalue weighted by Crippen LogP contribution is -2.34. The summed E-state index contributed by atoms with van der Waals surface area (Å²) in [6.07, 6.45) is 3.63. The molecule has 1 aliphatic heterocycles. The Balaban J connectivity index is 2.12. The van der Waals surface area contributed by atoms with Gasteiger partial charge in [0.05, 0.1) is 11.8 Å². The highest BCUT2D eigenvalue weighted by atomic mass is 16.3. The topological polar surface area (TPSA) is 50.1 Å². The second-order valence-electron chi connectivity index (χ2n) is 4.85. The van der Waals surface area contributed by atoms with Gasteiger partial charge >= 0.3 is 0 Å². The van der Waals surface area contributed by atoms with E-state index in [2.05, 4.69) is 24.3 Å². The predicted octanol–water partition coefficient (Wildman–Crippen LogP) is 1.50. The number of aliphatic hydroxyl groups excluding tert-OH is 1. The molecular weight excluding hydrogens is 202 g/mol. The van der Waals surface area contributed by atoms with Gasteiger partial charge in [-0.1, -0.05) is 0 Å². The molecular formula is C12H21N3O. The zero-order chi connectivity index (χ0) is 11.5. The molecule has 16 heavy (non-hydrogen) atoms. The normalized spacial score (nSPS) is 23.6. The van der Waals surface area contributed by atoms with Gasteiger partial charge in [0.2, 0.25) is 0 Å². The van der Waals surface area contributed by atoms with Gasteiger partial charge in [0, 0.05) is 24.7 Å². The van der Waals surface area contributed by atoms with Gasteiger partial charge in [-0.05, 0) is 39.3 Å². The zero-order valence-electron chi connectivity index (χ0n) is 10.1. The molecule has 4 nitrogen and oxygen atoms in total. The first-order chi connectivity index (χ1) is 7.70. The smallest absolute Gasteiger partial charge is 0.0996 e. The summed E-state index contributed by atoms with van der Waals surface area (Å²) in [4.78, 5) is 0. The van der Waals surface area contributed by atoms with Crippen molar-refractivity contribution in [2.45, 2.75) is 38.8 Å². The molecule has 1 aromatic rings. The Bertz CT molecular complexity index is 329. The van der Waals surface area contributed by atoms with Crippen LogP contribution in [0, 0.1) is 5.92 Å². The molecule has 4 heteroatoms. The summed E-state index contributed by atoms with van der Waals surface area (Å²) >= 11 is 0. The summed E-state index contributed by atoms with van der Waals surface area (Å²) in [6.45, 7) is 6.15. The van der Waals surface area contributed by atoms with Crippen molar-refractivity contribution in [1.82, 2.24) is 15.1 Å². The SMILES string of the molecule is CC(C)n1nccc1C(O)C1CCCNC1. The summed E-state index contributed by atoms with van der Waals surface area (Å²) in [5, 5.41) is 18.0. The first-order valence-corrected chi connectivity index (χ1v) is 6.12. The molecule has 0 spiro atoms. The Labute approximate surface area is 96.7 Å². The molecule has 90 valence electrons. The monoisotopic (exact) mass is 223 g/mol. The molecule has 1 aliphatic rings. The van der Waals surface area contributed by atoms with E-state index in [0.29, 0.717) is 12.0 Å². The van der Waals surface area contributed by atoms with Gasteiger partial charge in [0.15, 0.2) is 0 Å². The number of rotatable bonds is 3. The highest BCUT2D eigenvalue weighted by molar-refractivity contribution is 5.07. The predicted molar refractivity (Wildman–Crippen MR) is 63.2 cm³/mol. The fourth-order valence-corrected chi connectivity index (χ4v) is 2.38. The number of hydrogen-bond acceptors (Lipinski definition) is 3. The van der Waals surface area contributed by atoms with Gasteiger partial charge < -0.3 is 10.4 Å². The second-order valence-corrected chi connectivity index (χ2v) is 4.85. The van der Waals surface area contributed by atoms with Gasteiger partial charge in [-0.2, -0.15) is 5.10 Å². The first kappa shape index (κ1) is 11.6. The second kappa shape index (κ2) is 4.97. The van der Waals surface area contributed by atoms with Gasteiger partial charge in [0.1, 0.15) is 0 Å². The van der Waals surface area contributed by atoms with E-state index >= 15 is 0 Å². The third-order valence-corrected chi connectivity index (χ3v) is 3.27. The Morgan fingerprint density at radius 3 is 3.00 bits per heavy atom. The maximum Gasteiger partial charge on any atom is 0.0996 e. The fraction of sp³-hybridized carbons (Fsp3) is 0.750. The standard InChI is InChI=1S/C12H21N3O/c1-9(2)15-11(5-7-14-15)12(16)10-4-3-6-13-8-10/h5,7,9-10,12-13,16H,3-4,6,8H2,1-2H3. The minimum atomic E-state index is -0.391. The minimum Gasteiger partial charge on any atom is -0.386 e. The summed E-state index contributed by atoms with van der Waals surface area (Å²) in [5.41, 5.74) is 0.948. The largest absolute Gasteiger partial charge is 0.386 e. The van der Waals surface area contributed by atoms with Crippen molar-refractivity contribution < 1.29 is 5.11 Å². The molecule has 0 saturated carbocycles. The van der Waals surface area contributed by atoms with Crippen molar-refractivity contribution in [2.75, 3.05) is 13.1 Å². The van der Waals surface area contributed by atoms with Crippen LogP contribution in [-0.2, 0) is 0 Å². The van der Waals surface area contributed by atoms with E-state index < -0.39 is 6.10 Å². The minimum absolute atomic E-state index is 0.302. The molecule has 2 rings (SSSR count). The molecule has 0 radical (unpaired) electrons. The van der Waals surface area contributed by atoms with Crippen LogP contribution in [-0.4, -0.2) is 28.0 Å². The van der Waals surface area contributed by atoms with Gasteiger partial charge in [-0.3, -0.25) is 4.68 Å². The lowest BCUT2D eigenvalue weighted by molar-refractivity contribution is 0.0826. The van der Waals surface area contributed by atoms with E-state index in [-0.39, 0.29) is 0 Å². The maximum atomic E-state index is 10.4. The molecule has 0 aliphatic carbocycles. The highest BCUT2D eigenvalue weighted by Crippen LogP contribution is 2.28. The quantitative estimate of drug-likeness (QED) is 0.816. The molecule has 0 aromatic carbocycles. The van der Waals surface area contributed by atoms with Crippen LogP contribution in [0.3, 0.4) is 0 Å². The van der Waals surface area contributed by atoms with Crippen molar-refractivity contribution in [3.05, 3.63) is 18.0 Å². The number of hydrogen-bond donors (Lipinski definition) is 2. The molecule has 1 aromatic heterocycles. The van der Waals surface area contributed by atoms with Crippen LogP contribution in [0.5, 0.6) is 0 Å². The molecule has 2 unspecified atom stereocenters. The molecule has 1 fully saturated rings. The fourth-order valence-electron chi connectivity index (χ4n) is 2.38. The van der Waals surface area contributed by atoms with Gasteiger partial charge in [-0.15, -0.1) is 0 Å². The van der Waals surface area contributed by atoms with E-state index in [1.165, 1.54) is 0 Å². The number of nitrogens with one attached hydrogen (secondary N) is 1. The van der Waals surface area contributed by atoms with Crippen LogP contribution < -0.4 is 5.32 Å². The van der Waals surface area contributed by atoms with E-state index in [9.17, 15) is 5.11 Å². The average molecular weight is 223 g/mol. The van der Waals surface area contributed by atoms with E-state index in [0.717, 1.165) is 31.6 Å². The summed E-state index contributed by atoms with van der Waals surface area (Å²) in [5.74, 6) is 0.322. The van der Waals surface area contributed by atoms with Crippen LogP contribution in [0.2, 0.25) is 0 Å². The highest BCUT2D eigenvalue weighted by Gasteiger charge is 2.25. The van der Waals surface area contributed by atoms with E-state index in [4.69, 9.17) is 0 Å².